The average molecular weight is 291 g/mol. The van der Waals surface area contributed by atoms with Crippen molar-refractivity contribution in [3.8, 4) is 0 Å². The molecule has 3 nitrogen and oxygen atoms in total. The van der Waals surface area contributed by atoms with Gasteiger partial charge in [-0.25, -0.2) is 4.39 Å². The van der Waals surface area contributed by atoms with Gasteiger partial charge in [-0.05, 0) is 43.4 Å². The zero-order valence-corrected chi connectivity index (χ0v) is 13.2. The van der Waals surface area contributed by atoms with Crippen LogP contribution in [0.15, 0.2) is 29.3 Å². The van der Waals surface area contributed by atoms with E-state index in [2.05, 4.69) is 31.4 Å². The number of aliphatic imine (C=N–C) groups is 1. The van der Waals surface area contributed by atoms with E-state index < -0.39 is 0 Å². The zero-order valence-electron chi connectivity index (χ0n) is 13.2. The largest absolute Gasteiger partial charge is 0.357 e. The summed E-state index contributed by atoms with van der Waals surface area (Å²) in [5.41, 5.74) is 1.32. The van der Waals surface area contributed by atoms with Gasteiger partial charge in [0.1, 0.15) is 5.82 Å². The predicted molar refractivity (Wildman–Crippen MR) is 86.1 cm³/mol. The lowest BCUT2D eigenvalue weighted by Crippen LogP contribution is -2.39. The lowest BCUT2D eigenvalue weighted by molar-refractivity contribution is 0.610. The highest BCUT2D eigenvalue weighted by molar-refractivity contribution is 5.79. The van der Waals surface area contributed by atoms with Crippen LogP contribution in [0.1, 0.15) is 39.2 Å². The molecule has 116 valence electrons. The second-order valence-corrected chi connectivity index (χ2v) is 6.26. The highest BCUT2D eigenvalue weighted by atomic mass is 19.1. The molecule has 0 unspecified atom stereocenters. The van der Waals surface area contributed by atoms with Crippen LogP contribution in [-0.2, 0) is 5.41 Å². The first-order valence-corrected chi connectivity index (χ1v) is 7.84. The molecule has 1 aliphatic rings. The Hall–Kier alpha value is -1.58. The Morgan fingerprint density at radius 3 is 2.43 bits per heavy atom. The smallest absolute Gasteiger partial charge is 0.191 e. The van der Waals surface area contributed by atoms with Crippen molar-refractivity contribution in [1.29, 1.82) is 0 Å². The average Bonchev–Trinajstić information content (AvgIpc) is 3.24. The number of nitrogens with zero attached hydrogens (tertiary/aromatic N) is 1. The van der Waals surface area contributed by atoms with Crippen LogP contribution < -0.4 is 10.6 Å². The molecule has 2 N–H and O–H groups in total. The van der Waals surface area contributed by atoms with E-state index in [1.54, 1.807) is 12.1 Å². The molecule has 0 aromatic heterocycles. The highest BCUT2D eigenvalue weighted by Gasteiger charge is 2.44. The number of hydrogen-bond donors (Lipinski definition) is 2. The summed E-state index contributed by atoms with van der Waals surface area (Å²) in [5, 5.41) is 6.64. The number of benzene rings is 1. The standard InChI is InChI=1S/C17H26FN3/c1-4-19-16(20-11-13(2)3)21-12-17(9-10-17)14-5-7-15(18)8-6-14/h5-8,13H,4,9-12H2,1-3H3,(H2,19,20,21). The second-order valence-electron chi connectivity index (χ2n) is 6.26. The van der Waals surface area contributed by atoms with Crippen LogP contribution in [0.4, 0.5) is 4.39 Å². The summed E-state index contributed by atoms with van der Waals surface area (Å²) < 4.78 is 13.0. The minimum Gasteiger partial charge on any atom is -0.357 e. The SMILES string of the molecule is CCNC(=NCC1(c2ccc(F)cc2)CC1)NCC(C)C. The Morgan fingerprint density at radius 1 is 1.24 bits per heavy atom. The summed E-state index contributed by atoms with van der Waals surface area (Å²) in [6, 6.07) is 6.88. The van der Waals surface area contributed by atoms with Crippen LogP contribution in [0.2, 0.25) is 0 Å². The van der Waals surface area contributed by atoms with Crippen LogP contribution in [0.3, 0.4) is 0 Å². The van der Waals surface area contributed by atoms with Crippen LogP contribution in [0, 0.1) is 11.7 Å². The minimum absolute atomic E-state index is 0.119. The third kappa shape index (κ3) is 4.45. The van der Waals surface area contributed by atoms with Gasteiger partial charge in [0.25, 0.3) is 0 Å². The monoisotopic (exact) mass is 291 g/mol. The van der Waals surface area contributed by atoms with Gasteiger partial charge in [-0.3, -0.25) is 4.99 Å². The Kier molecular flexibility index (Phi) is 5.21. The summed E-state index contributed by atoms with van der Waals surface area (Å²) in [4.78, 5) is 4.72. The lowest BCUT2D eigenvalue weighted by atomic mass is 9.96. The van der Waals surface area contributed by atoms with Crippen molar-refractivity contribution in [2.24, 2.45) is 10.9 Å². The maximum Gasteiger partial charge on any atom is 0.191 e. The summed E-state index contributed by atoms with van der Waals surface area (Å²) in [6.07, 6.45) is 2.26. The Labute approximate surface area is 127 Å². The van der Waals surface area contributed by atoms with Gasteiger partial charge in [0.05, 0.1) is 6.54 Å². The van der Waals surface area contributed by atoms with Gasteiger partial charge in [0.15, 0.2) is 5.96 Å². The molecule has 0 spiro atoms. The summed E-state index contributed by atoms with van der Waals surface area (Å²) in [5.74, 6) is 1.28. The van der Waals surface area contributed by atoms with E-state index in [4.69, 9.17) is 4.99 Å². The molecule has 0 radical (unpaired) electrons. The number of hydrogen-bond acceptors (Lipinski definition) is 1. The van der Waals surface area contributed by atoms with Gasteiger partial charge in [-0.2, -0.15) is 0 Å². The molecule has 1 fully saturated rings. The summed E-state index contributed by atoms with van der Waals surface area (Å²) in [6.45, 7) is 8.95. The molecule has 1 aromatic carbocycles. The number of nitrogens with one attached hydrogen (secondary N) is 2. The Morgan fingerprint density at radius 2 is 1.90 bits per heavy atom. The van der Waals surface area contributed by atoms with E-state index in [0.29, 0.717) is 5.92 Å². The van der Waals surface area contributed by atoms with Crippen LogP contribution in [0.5, 0.6) is 0 Å². The molecule has 21 heavy (non-hydrogen) atoms. The van der Waals surface area contributed by atoms with E-state index >= 15 is 0 Å². The predicted octanol–water partition coefficient (Wildman–Crippen LogP) is 3.07. The van der Waals surface area contributed by atoms with Crippen LogP contribution in [-0.4, -0.2) is 25.6 Å². The van der Waals surface area contributed by atoms with Gasteiger partial charge < -0.3 is 10.6 Å². The number of rotatable bonds is 6. The molecule has 0 aliphatic heterocycles. The topological polar surface area (TPSA) is 36.4 Å². The van der Waals surface area contributed by atoms with Crippen molar-refractivity contribution in [3.05, 3.63) is 35.6 Å². The molecule has 0 saturated heterocycles. The van der Waals surface area contributed by atoms with Crippen molar-refractivity contribution in [1.82, 2.24) is 10.6 Å². The van der Waals surface area contributed by atoms with Crippen LogP contribution in [0.25, 0.3) is 0 Å². The molecular formula is C17H26FN3. The summed E-state index contributed by atoms with van der Waals surface area (Å²) in [7, 11) is 0. The summed E-state index contributed by atoms with van der Waals surface area (Å²) >= 11 is 0. The normalized spacial score (nSPS) is 16.9. The van der Waals surface area contributed by atoms with E-state index in [9.17, 15) is 4.39 Å². The fraction of sp³-hybridized carbons (Fsp3) is 0.588. The molecule has 1 aliphatic carbocycles. The molecule has 0 atom stereocenters. The van der Waals surface area contributed by atoms with Gasteiger partial charge >= 0.3 is 0 Å². The minimum atomic E-state index is -0.176. The Balaban J connectivity index is 2.00. The van der Waals surface area contributed by atoms with E-state index in [-0.39, 0.29) is 11.2 Å². The molecular weight excluding hydrogens is 265 g/mol. The third-order valence-electron chi connectivity index (χ3n) is 3.87. The Bertz CT molecular complexity index is 475. The maximum absolute atomic E-state index is 13.0. The third-order valence-corrected chi connectivity index (χ3v) is 3.87. The van der Waals surface area contributed by atoms with Crippen molar-refractivity contribution in [3.63, 3.8) is 0 Å². The van der Waals surface area contributed by atoms with Crippen molar-refractivity contribution < 1.29 is 4.39 Å². The second kappa shape index (κ2) is 6.92. The number of guanidine groups is 1. The molecule has 1 aromatic rings. The fourth-order valence-electron chi connectivity index (χ4n) is 2.37. The molecule has 1 saturated carbocycles. The van der Waals surface area contributed by atoms with Gasteiger partial charge in [-0.1, -0.05) is 26.0 Å². The highest BCUT2D eigenvalue weighted by Crippen LogP contribution is 2.48. The lowest BCUT2D eigenvalue weighted by Gasteiger charge is -2.16. The first-order valence-electron chi connectivity index (χ1n) is 7.84. The molecule has 0 bridgehead atoms. The van der Waals surface area contributed by atoms with Gasteiger partial charge in [0, 0.05) is 18.5 Å². The zero-order chi connectivity index (χ0) is 15.3. The molecule has 0 amide bonds. The quantitative estimate of drug-likeness (QED) is 0.624. The first kappa shape index (κ1) is 15.8. The maximum atomic E-state index is 13.0. The van der Waals surface area contributed by atoms with Crippen LogP contribution >= 0.6 is 0 Å². The van der Waals surface area contributed by atoms with Gasteiger partial charge in [-0.15, -0.1) is 0 Å². The van der Waals surface area contributed by atoms with Crippen molar-refractivity contribution in [2.75, 3.05) is 19.6 Å². The molecule has 2 rings (SSSR count). The van der Waals surface area contributed by atoms with E-state index in [0.717, 1.165) is 38.4 Å². The fourth-order valence-corrected chi connectivity index (χ4v) is 2.37. The molecule has 4 heteroatoms. The van der Waals surface area contributed by atoms with E-state index in [1.807, 2.05) is 12.1 Å². The molecule has 0 heterocycles. The van der Waals surface area contributed by atoms with Crippen molar-refractivity contribution >= 4 is 5.96 Å². The number of halogens is 1. The van der Waals surface area contributed by atoms with Crippen molar-refractivity contribution in [2.45, 2.75) is 39.0 Å². The first-order chi connectivity index (χ1) is 10.1. The van der Waals surface area contributed by atoms with E-state index in [1.165, 1.54) is 5.56 Å². The van der Waals surface area contributed by atoms with Gasteiger partial charge in [0.2, 0.25) is 0 Å².